The molecule has 8 aromatic rings. The SMILES string of the molecule is CC1(C)C(c2ccc(N(c3ccc(-c4ccccc4)cc3)c3ccc(-c4ccc5ccccc5c4)cc3)cc2)=Cc2cc3ccccc3cc21. The molecule has 0 spiro atoms. The van der Waals surface area contributed by atoms with Gasteiger partial charge in [0.25, 0.3) is 0 Å². The topological polar surface area (TPSA) is 3.24 Å². The molecule has 1 aliphatic carbocycles. The number of allylic oxidation sites excluding steroid dienone is 1. The van der Waals surface area contributed by atoms with E-state index in [1.807, 2.05) is 0 Å². The van der Waals surface area contributed by atoms with Crippen molar-refractivity contribution in [2.45, 2.75) is 19.3 Å². The lowest BCUT2D eigenvalue weighted by atomic mass is 9.78. The van der Waals surface area contributed by atoms with E-state index in [1.165, 1.54) is 66.1 Å². The van der Waals surface area contributed by atoms with Crippen LogP contribution < -0.4 is 4.90 Å². The quantitative estimate of drug-likeness (QED) is 0.175. The van der Waals surface area contributed by atoms with Gasteiger partial charge in [-0.1, -0.05) is 141 Å². The van der Waals surface area contributed by atoms with Gasteiger partial charge in [-0.3, -0.25) is 0 Å². The van der Waals surface area contributed by atoms with Crippen molar-refractivity contribution in [2.24, 2.45) is 0 Å². The van der Waals surface area contributed by atoms with Gasteiger partial charge in [-0.15, -0.1) is 0 Å². The van der Waals surface area contributed by atoms with E-state index in [1.54, 1.807) is 0 Å². The predicted octanol–water partition coefficient (Wildman–Crippen LogP) is 13.6. The molecular formula is C49H37N. The maximum Gasteiger partial charge on any atom is 0.0462 e. The summed E-state index contributed by atoms with van der Waals surface area (Å²) in [5, 5.41) is 5.10. The van der Waals surface area contributed by atoms with Crippen LogP contribution in [0.5, 0.6) is 0 Å². The summed E-state index contributed by atoms with van der Waals surface area (Å²) in [6, 6.07) is 66.2. The van der Waals surface area contributed by atoms with Crippen molar-refractivity contribution in [1.29, 1.82) is 0 Å². The Labute approximate surface area is 294 Å². The van der Waals surface area contributed by atoms with E-state index in [9.17, 15) is 0 Å². The van der Waals surface area contributed by atoms with Crippen LogP contribution in [0.25, 0.3) is 55.4 Å². The molecule has 0 unspecified atom stereocenters. The first-order valence-electron chi connectivity index (χ1n) is 17.4. The minimum Gasteiger partial charge on any atom is -0.311 e. The summed E-state index contributed by atoms with van der Waals surface area (Å²) in [5.41, 5.74) is 13.4. The van der Waals surface area contributed by atoms with Gasteiger partial charge in [0.15, 0.2) is 0 Å². The van der Waals surface area contributed by atoms with Gasteiger partial charge in [-0.05, 0) is 127 Å². The molecule has 0 radical (unpaired) electrons. The van der Waals surface area contributed by atoms with Crippen molar-refractivity contribution >= 4 is 50.3 Å². The largest absolute Gasteiger partial charge is 0.311 e. The number of anilines is 3. The Kier molecular flexibility index (Phi) is 7.21. The van der Waals surface area contributed by atoms with Crippen LogP contribution in [0, 0.1) is 0 Å². The van der Waals surface area contributed by atoms with Crippen molar-refractivity contribution < 1.29 is 0 Å². The zero-order valence-electron chi connectivity index (χ0n) is 28.3. The summed E-state index contributed by atoms with van der Waals surface area (Å²) in [7, 11) is 0. The van der Waals surface area contributed by atoms with Crippen LogP contribution in [-0.4, -0.2) is 0 Å². The number of nitrogens with zero attached hydrogens (tertiary/aromatic N) is 1. The lowest BCUT2D eigenvalue weighted by molar-refractivity contribution is 0.705. The van der Waals surface area contributed by atoms with Crippen molar-refractivity contribution in [1.82, 2.24) is 0 Å². The van der Waals surface area contributed by atoms with Crippen LogP contribution in [0.1, 0.15) is 30.5 Å². The van der Waals surface area contributed by atoms with Gasteiger partial charge < -0.3 is 4.90 Å². The molecule has 0 fully saturated rings. The average Bonchev–Trinajstić information content (AvgIpc) is 3.43. The standard InChI is InChI=1S/C49H37N/c1-49(2)47(33-43-31-40-14-8-9-15-41(40)32-48(43)49)38-22-28-46(29-23-38)50(44-24-18-36(19-25-44)34-10-4-3-5-11-34)45-26-20-37(21-27-45)42-17-16-35-12-6-7-13-39(35)30-42/h3-33H,1-2H3. The number of fused-ring (bicyclic) bond motifs is 3. The van der Waals surface area contributed by atoms with Crippen molar-refractivity contribution in [3.05, 3.63) is 199 Å². The lowest BCUT2D eigenvalue weighted by Gasteiger charge is -2.28. The van der Waals surface area contributed by atoms with E-state index in [0.29, 0.717) is 0 Å². The van der Waals surface area contributed by atoms with Gasteiger partial charge in [-0.2, -0.15) is 0 Å². The Morgan fingerprint density at radius 1 is 0.360 bits per heavy atom. The highest BCUT2D eigenvalue weighted by Crippen LogP contribution is 2.48. The van der Waals surface area contributed by atoms with Crippen LogP contribution in [0.4, 0.5) is 17.1 Å². The molecule has 50 heavy (non-hydrogen) atoms. The van der Waals surface area contributed by atoms with Crippen LogP contribution >= 0.6 is 0 Å². The monoisotopic (exact) mass is 639 g/mol. The summed E-state index contributed by atoms with van der Waals surface area (Å²) in [4.78, 5) is 2.36. The van der Waals surface area contributed by atoms with Gasteiger partial charge in [-0.25, -0.2) is 0 Å². The van der Waals surface area contributed by atoms with Gasteiger partial charge in [0, 0.05) is 22.5 Å². The number of hydrogen-bond donors (Lipinski definition) is 0. The lowest BCUT2D eigenvalue weighted by Crippen LogP contribution is -2.16. The Hall–Kier alpha value is -6.18. The molecule has 0 amide bonds. The van der Waals surface area contributed by atoms with Crippen molar-refractivity contribution in [3.63, 3.8) is 0 Å². The van der Waals surface area contributed by atoms with E-state index >= 15 is 0 Å². The number of hydrogen-bond acceptors (Lipinski definition) is 1. The molecular weight excluding hydrogens is 603 g/mol. The van der Waals surface area contributed by atoms with Crippen molar-refractivity contribution in [3.8, 4) is 22.3 Å². The molecule has 0 bridgehead atoms. The van der Waals surface area contributed by atoms with E-state index < -0.39 is 0 Å². The molecule has 238 valence electrons. The molecule has 8 aromatic carbocycles. The highest BCUT2D eigenvalue weighted by molar-refractivity contribution is 5.98. The molecule has 0 aliphatic heterocycles. The third kappa shape index (κ3) is 5.29. The fourth-order valence-corrected chi connectivity index (χ4v) is 7.69. The molecule has 1 aliphatic rings. The Morgan fingerprint density at radius 3 is 1.40 bits per heavy atom. The van der Waals surface area contributed by atoms with Crippen LogP contribution in [-0.2, 0) is 5.41 Å². The molecule has 0 saturated heterocycles. The predicted molar refractivity (Wildman–Crippen MR) is 214 cm³/mol. The summed E-state index contributed by atoms with van der Waals surface area (Å²) in [6.07, 6.45) is 2.39. The first kappa shape index (κ1) is 29.9. The minimum atomic E-state index is -0.0908. The van der Waals surface area contributed by atoms with Crippen LogP contribution in [0.15, 0.2) is 182 Å². The normalized spacial score (nSPS) is 13.3. The second kappa shape index (κ2) is 12.1. The summed E-state index contributed by atoms with van der Waals surface area (Å²) >= 11 is 0. The Balaban J connectivity index is 1.08. The molecule has 0 N–H and O–H groups in total. The van der Waals surface area contributed by atoms with Crippen molar-refractivity contribution in [2.75, 3.05) is 4.90 Å². The minimum absolute atomic E-state index is 0.0908. The maximum absolute atomic E-state index is 2.39. The van der Waals surface area contributed by atoms with Gasteiger partial charge >= 0.3 is 0 Å². The Bertz CT molecular complexity index is 2520. The Morgan fingerprint density at radius 2 is 0.800 bits per heavy atom. The first-order chi connectivity index (χ1) is 24.5. The van der Waals surface area contributed by atoms with E-state index in [-0.39, 0.29) is 5.41 Å². The number of rotatable bonds is 6. The third-order valence-electron chi connectivity index (χ3n) is 10.4. The highest BCUT2D eigenvalue weighted by Gasteiger charge is 2.34. The third-order valence-corrected chi connectivity index (χ3v) is 10.4. The summed E-state index contributed by atoms with van der Waals surface area (Å²) in [5.74, 6) is 0. The molecule has 0 aromatic heterocycles. The van der Waals surface area contributed by atoms with E-state index in [4.69, 9.17) is 0 Å². The molecule has 9 rings (SSSR count). The van der Waals surface area contributed by atoms with E-state index in [2.05, 4.69) is 207 Å². The van der Waals surface area contributed by atoms with Gasteiger partial charge in [0.1, 0.15) is 0 Å². The van der Waals surface area contributed by atoms with E-state index in [0.717, 1.165) is 17.1 Å². The summed E-state index contributed by atoms with van der Waals surface area (Å²) < 4.78 is 0. The summed E-state index contributed by atoms with van der Waals surface area (Å²) in [6.45, 7) is 4.70. The first-order valence-corrected chi connectivity index (χ1v) is 17.4. The van der Waals surface area contributed by atoms with Gasteiger partial charge in [0.2, 0.25) is 0 Å². The molecule has 0 heterocycles. The van der Waals surface area contributed by atoms with Crippen LogP contribution in [0.3, 0.4) is 0 Å². The smallest absolute Gasteiger partial charge is 0.0462 e. The fourth-order valence-electron chi connectivity index (χ4n) is 7.69. The zero-order chi connectivity index (χ0) is 33.7. The average molecular weight is 640 g/mol. The highest BCUT2D eigenvalue weighted by atomic mass is 15.1. The van der Waals surface area contributed by atoms with Crippen LogP contribution in [0.2, 0.25) is 0 Å². The fraction of sp³-hybridized carbons (Fsp3) is 0.0612. The molecule has 1 nitrogen and oxygen atoms in total. The zero-order valence-corrected chi connectivity index (χ0v) is 28.3. The molecule has 1 heteroatoms. The second-order valence-electron chi connectivity index (χ2n) is 13.9. The van der Waals surface area contributed by atoms with Gasteiger partial charge in [0.05, 0.1) is 0 Å². The molecule has 0 saturated carbocycles. The maximum atomic E-state index is 2.39. The number of benzene rings is 8. The second-order valence-corrected chi connectivity index (χ2v) is 13.9. The molecule has 0 atom stereocenters.